The highest BCUT2D eigenvalue weighted by Gasteiger charge is 2.08. The summed E-state index contributed by atoms with van der Waals surface area (Å²) in [5.74, 6) is -0.106. The minimum atomic E-state index is -0.454. The molecule has 0 aliphatic carbocycles. The van der Waals surface area contributed by atoms with E-state index in [2.05, 4.69) is 0 Å². The second kappa shape index (κ2) is 7.30. The van der Waals surface area contributed by atoms with Crippen LogP contribution in [0.4, 0.5) is 0 Å². The zero-order valence-corrected chi connectivity index (χ0v) is 9.08. The third kappa shape index (κ3) is 6.40. The highest BCUT2D eigenvalue weighted by molar-refractivity contribution is 5.86. The Hall–Kier alpha value is -1.12. The number of hydrogen-bond acceptors (Lipinski definition) is 3. The molecule has 0 fully saturated rings. The van der Waals surface area contributed by atoms with Crippen molar-refractivity contribution in [2.45, 2.75) is 33.6 Å². The van der Waals surface area contributed by atoms with Crippen LogP contribution >= 0.6 is 0 Å². The van der Waals surface area contributed by atoms with Gasteiger partial charge in [-0.15, -0.1) is 0 Å². The SMILES string of the molecule is CC=CC(=O)OCC(=O)CC(C)CC. The Morgan fingerprint density at radius 3 is 2.57 bits per heavy atom. The molecular weight excluding hydrogens is 180 g/mol. The van der Waals surface area contributed by atoms with E-state index in [1.54, 1.807) is 13.0 Å². The predicted octanol–water partition coefficient (Wildman–Crippen LogP) is 2.11. The molecule has 0 heterocycles. The van der Waals surface area contributed by atoms with E-state index >= 15 is 0 Å². The molecule has 0 aromatic carbocycles. The summed E-state index contributed by atoms with van der Waals surface area (Å²) in [5, 5.41) is 0. The molecule has 0 aromatic rings. The smallest absolute Gasteiger partial charge is 0.330 e. The molecule has 0 aliphatic heterocycles. The third-order valence-corrected chi connectivity index (χ3v) is 1.95. The molecule has 80 valence electrons. The van der Waals surface area contributed by atoms with Crippen molar-refractivity contribution < 1.29 is 14.3 Å². The van der Waals surface area contributed by atoms with Gasteiger partial charge in [-0.25, -0.2) is 4.79 Å². The lowest BCUT2D eigenvalue weighted by molar-refractivity contribution is -0.143. The number of ketones is 1. The van der Waals surface area contributed by atoms with Crippen molar-refractivity contribution in [2.75, 3.05) is 6.61 Å². The monoisotopic (exact) mass is 198 g/mol. The number of rotatable bonds is 6. The lowest BCUT2D eigenvalue weighted by atomic mass is 10.0. The molecule has 1 atom stereocenters. The summed E-state index contributed by atoms with van der Waals surface area (Å²) in [6, 6.07) is 0. The van der Waals surface area contributed by atoms with Gasteiger partial charge < -0.3 is 4.74 Å². The maximum Gasteiger partial charge on any atom is 0.330 e. The normalized spacial score (nSPS) is 12.8. The highest BCUT2D eigenvalue weighted by Crippen LogP contribution is 2.06. The van der Waals surface area contributed by atoms with Crippen LogP contribution in [-0.4, -0.2) is 18.4 Å². The van der Waals surface area contributed by atoms with Crippen LogP contribution < -0.4 is 0 Å². The van der Waals surface area contributed by atoms with Crippen molar-refractivity contribution in [3.05, 3.63) is 12.2 Å². The topological polar surface area (TPSA) is 43.4 Å². The predicted molar refractivity (Wildman–Crippen MR) is 54.9 cm³/mol. The number of esters is 1. The first-order valence-corrected chi connectivity index (χ1v) is 4.91. The molecule has 0 saturated carbocycles. The van der Waals surface area contributed by atoms with Gasteiger partial charge in [-0.05, 0) is 12.8 Å². The van der Waals surface area contributed by atoms with E-state index in [0.717, 1.165) is 6.42 Å². The average Bonchev–Trinajstić information content (AvgIpc) is 2.15. The fourth-order valence-corrected chi connectivity index (χ4v) is 0.928. The van der Waals surface area contributed by atoms with Gasteiger partial charge in [0.25, 0.3) is 0 Å². The van der Waals surface area contributed by atoms with Crippen LogP contribution in [0.5, 0.6) is 0 Å². The molecule has 1 unspecified atom stereocenters. The molecular formula is C11H18O3. The maximum atomic E-state index is 11.2. The van der Waals surface area contributed by atoms with Crippen molar-refractivity contribution in [1.29, 1.82) is 0 Å². The van der Waals surface area contributed by atoms with Crippen molar-refractivity contribution in [3.63, 3.8) is 0 Å². The van der Waals surface area contributed by atoms with Gasteiger partial charge in [0.15, 0.2) is 5.78 Å². The molecule has 0 aliphatic rings. The van der Waals surface area contributed by atoms with Crippen molar-refractivity contribution >= 4 is 11.8 Å². The minimum absolute atomic E-state index is 0.0165. The van der Waals surface area contributed by atoms with Crippen LogP contribution in [0, 0.1) is 5.92 Å². The zero-order valence-electron chi connectivity index (χ0n) is 9.08. The van der Waals surface area contributed by atoms with Crippen molar-refractivity contribution in [1.82, 2.24) is 0 Å². The molecule has 0 N–H and O–H groups in total. The molecule has 0 rings (SSSR count). The van der Waals surface area contributed by atoms with E-state index in [4.69, 9.17) is 4.74 Å². The van der Waals surface area contributed by atoms with Gasteiger partial charge in [0.1, 0.15) is 6.61 Å². The first-order valence-electron chi connectivity index (χ1n) is 4.91. The molecule has 0 amide bonds. The van der Waals surface area contributed by atoms with E-state index in [1.807, 2.05) is 13.8 Å². The first kappa shape index (κ1) is 12.9. The standard InChI is InChI=1S/C11H18O3/c1-4-6-11(13)14-8-10(12)7-9(3)5-2/h4,6,9H,5,7-8H2,1-3H3. The lowest BCUT2D eigenvalue weighted by Gasteiger charge is -2.06. The van der Waals surface area contributed by atoms with Crippen molar-refractivity contribution in [3.8, 4) is 0 Å². The summed E-state index contributed by atoms with van der Waals surface area (Å²) in [7, 11) is 0. The molecule has 0 saturated heterocycles. The number of Topliss-reactive ketones (excluding diaryl/α,β-unsaturated/α-hetero) is 1. The highest BCUT2D eigenvalue weighted by atomic mass is 16.5. The van der Waals surface area contributed by atoms with Gasteiger partial charge in [-0.3, -0.25) is 4.79 Å². The van der Waals surface area contributed by atoms with Gasteiger partial charge in [-0.1, -0.05) is 26.3 Å². The Bertz CT molecular complexity index is 219. The molecule has 0 aromatic heterocycles. The fraction of sp³-hybridized carbons (Fsp3) is 0.636. The summed E-state index contributed by atoms with van der Waals surface area (Å²) >= 11 is 0. The summed E-state index contributed by atoms with van der Waals surface area (Å²) in [6.07, 6.45) is 4.34. The van der Waals surface area contributed by atoms with E-state index in [1.165, 1.54) is 6.08 Å². The minimum Gasteiger partial charge on any atom is -0.455 e. The molecule has 0 radical (unpaired) electrons. The lowest BCUT2D eigenvalue weighted by Crippen LogP contribution is -2.14. The Balaban J connectivity index is 3.69. The quantitative estimate of drug-likeness (QED) is 0.485. The van der Waals surface area contributed by atoms with Crippen LogP contribution in [0.15, 0.2) is 12.2 Å². The zero-order chi connectivity index (χ0) is 11.0. The van der Waals surface area contributed by atoms with E-state index < -0.39 is 5.97 Å². The number of allylic oxidation sites excluding steroid dienone is 1. The molecule has 0 bridgehead atoms. The Morgan fingerprint density at radius 1 is 1.43 bits per heavy atom. The average molecular weight is 198 g/mol. The van der Waals surface area contributed by atoms with Gasteiger partial charge in [0.05, 0.1) is 0 Å². The summed E-state index contributed by atoms with van der Waals surface area (Å²) < 4.78 is 4.71. The van der Waals surface area contributed by atoms with Crippen LogP contribution in [0.3, 0.4) is 0 Å². The van der Waals surface area contributed by atoms with Crippen LogP contribution in [0.1, 0.15) is 33.6 Å². The van der Waals surface area contributed by atoms with E-state index in [0.29, 0.717) is 12.3 Å². The summed E-state index contributed by atoms with van der Waals surface area (Å²) in [6.45, 7) is 5.66. The number of ether oxygens (including phenoxy) is 1. The van der Waals surface area contributed by atoms with Crippen LogP contribution in [0.2, 0.25) is 0 Å². The van der Waals surface area contributed by atoms with E-state index in [-0.39, 0.29) is 12.4 Å². The Kier molecular flexibility index (Phi) is 6.72. The molecule has 14 heavy (non-hydrogen) atoms. The number of carbonyl (C=O) groups is 2. The Morgan fingerprint density at radius 2 is 2.07 bits per heavy atom. The van der Waals surface area contributed by atoms with Gasteiger partial charge in [0, 0.05) is 12.5 Å². The van der Waals surface area contributed by atoms with Crippen LogP contribution in [0.25, 0.3) is 0 Å². The second-order valence-electron chi connectivity index (χ2n) is 3.36. The molecule has 3 nitrogen and oxygen atoms in total. The van der Waals surface area contributed by atoms with Gasteiger partial charge in [-0.2, -0.15) is 0 Å². The van der Waals surface area contributed by atoms with Crippen molar-refractivity contribution in [2.24, 2.45) is 5.92 Å². The summed E-state index contributed by atoms with van der Waals surface area (Å²) in [4.78, 5) is 22.1. The summed E-state index contributed by atoms with van der Waals surface area (Å²) in [5.41, 5.74) is 0. The Labute approximate surface area is 85.1 Å². The molecule has 3 heteroatoms. The number of hydrogen-bond donors (Lipinski definition) is 0. The van der Waals surface area contributed by atoms with Crippen LogP contribution in [-0.2, 0) is 14.3 Å². The van der Waals surface area contributed by atoms with Gasteiger partial charge in [0.2, 0.25) is 0 Å². The third-order valence-electron chi connectivity index (χ3n) is 1.95. The molecule has 0 spiro atoms. The first-order chi connectivity index (χ1) is 6.60. The fourth-order valence-electron chi connectivity index (χ4n) is 0.928. The maximum absolute atomic E-state index is 11.2. The second-order valence-corrected chi connectivity index (χ2v) is 3.36. The number of carbonyl (C=O) groups excluding carboxylic acids is 2. The van der Waals surface area contributed by atoms with E-state index in [9.17, 15) is 9.59 Å². The largest absolute Gasteiger partial charge is 0.455 e. The van der Waals surface area contributed by atoms with Gasteiger partial charge >= 0.3 is 5.97 Å².